The fourth-order valence-corrected chi connectivity index (χ4v) is 5.21. The van der Waals surface area contributed by atoms with Crippen molar-refractivity contribution in [2.45, 2.75) is 104 Å². The molecule has 0 bridgehead atoms. The standard InChI is InChI=1S/C36H40N4O.5C2H6/c1-9-17-28-29(18-10-2)33(15-7)39(32(28)14-6)26-22-25(36(41)38-37)23-27(24-26)40-34(16-8)30(19-11-3)31(20-12-4)35(40)21-13-5;5*1-2/h9-24H,6-8,37H2,1-5H3,(H,38,41);5*1-2H3/b17-9-,18-10-,19-11-,20-12-,21-13-;;;;;. The van der Waals surface area contributed by atoms with Crippen molar-refractivity contribution in [3.05, 3.63) is 119 Å². The van der Waals surface area contributed by atoms with Crippen LogP contribution in [0, 0.1) is 0 Å². The highest BCUT2D eigenvalue weighted by atomic mass is 16.2. The number of amides is 1. The van der Waals surface area contributed by atoms with Crippen LogP contribution in [0.15, 0.2) is 68.3 Å². The third-order valence-electron chi connectivity index (χ3n) is 6.70. The molecule has 5 nitrogen and oxygen atoms in total. The quantitative estimate of drug-likeness (QED) is 0.119. The largest absolute Gasteiger partial charge is 0.309 e. The molecular formula is C46H70N4O. The molecule has 0 fully saturated rings. The summed E-state index contributed by atoms with van der Waals surface area (Å²) in [7, 11) is 0. The summed E-state index contributed by atoms with van der Waals surface area (Å²) in [6, 6.07) is 5.73. The van der Waals surface area contributed by atoms with Gasteiger partial charge in [-0.1, -0.05) is 144 Å². The van der Waals surface area contributed by atoms with E-state index in [1.54, 1.807) is 0 Å². The first-order valence-electron chi connectivity index (χ1n) is 18.7. The average Bonchev–Trinajstić information content (AvgIpc) is 3.66. The molecule has 3 rings (SSSR count). The molecule has 3 N–H and O–H groups in total. The first-order chi connectivity index (χ1) is 24.9. The molecule has 0 radical (unpaired) electrons. The summed E-state index contributed by atoms with van der Waals surface area (Å²) in [6.45, 7) is 42.4. The number of nitrogen functional groups attached to an aromatic ring is 1. The van der Waals surface area contributed by atoms with Crippen LogP contribution >= 0.6 is 0 Å². The Balaban J connectivity index is -0.00000211. The van der Waals surface area contributed by atoms with Gasteiger partial charge in [0, 0.05) is 39.2 Å². The maximum Gasteiger partial charge on any atom is 0.265 e. The first kappa shape index (κ1) is 50.5. The van der Waals surface area contributed by atoms with Gasteiger partial charge in [-0.05, 0) is 77.1 Å². The van der Waals surface area contributed by atoms with Crippen LogP contribution in [0.2, 0.25) is 0 Å². The van der Waals surface area contributed by atoms with Crippen molar-refractivity contribution < 1.29 is 4.79 Å². The van der Waals surface area contributed by atoms with Crippen LogP contribution in [0.1, 0.15) is 159 Å². The van der Waals surface area contributed by atoms with Crippen molar-refractivity contribution in [3.63, 3.8) is 0 Å². The van der Waals surface area contributed by atoms with Gasteiger partial charge in [0.15, 0.2) is 0 Å². The number of allylic oxidation sites excluding steroid dienone is 5. The summed E-state index contributed by atoms with van der Waals surface area (Å²) in [5, 5.41) is 0. The van der Waals surface area contributed by atoms with Gasteiger partial charge in [0.25, 0.3) is 5.91 Å². The second kappa shape index (κ2) is 30.0. The van der Waals surface area contributed by atoms with E-state index in [1.165, 1.54) is 0 Å². The van der Waals surface area contributed by atoms with Crippen LogP contribution in [-0.2, 0) is 0 Å². The number of nitrogens with zero attached hydrogens (tertiary/aromatic N) is 2. The van der Waals surface area contributed by atoms with Crippen molar-refractivity contribution in [2.75, 3.05) is 0 Å². The van der Waals surface area contributed by atoms with Gasteiger partial charge < -0.3 is 9.13 Å². The lowest BCUT2D eigenvalue weighted by atomic mass is 10.1. The molecule has 0 atom stereocenters. The number of nitrogens with one attached hydrogen (secondary N) is 1. The Bertz CT molecular complexity index is 1590. The van der Waals surface area contributed by atoms with Crippen molar-refractivity contribution >= 4 is 54.5 Å². The molecule has 0 saturated heterocycles. The lowest BCUT2D eigenvalue weighted by Gasteiger charge is -2.17. The Morgan fingerprint density at radius 2 is 0.784 bits per heavy atom. The summed E-state index contributed by atoms with van der Waals surface area (Å²) in [5.41, 5.74) is 12.0. The highest BCUT2D eigenvalue weighted by Crippen LogP contribution is 2.36. The molecule has 1 aromatic carbocycles. The van der Waals surface area contributed by atoms with E-state index < -0.39 is 5.91 Å². The monoisotopic (exact) mass is 695 g/mol. The fourth-order valence-electron chi connectivity index (χ4n) is 5.21. The highest BCUT2D eigenvalue weighted by molar-refractivity contribution is 5.95. The number of nitrogens with two attached hydrogens (primary N) is 1. The number of carbonyl (C=O) groups excluding carboxylic acids is 1. The van der Waals surface area contributed by atoms with E-state index in [0.717, 1.165) is 56.4 Å². The minimum Gasteiger partial charge on any atom is -0.309 e. The molecule has 0 unspecified atom stereocenters. The minimum atomic E-state index is -0.398. The number of hydrazine groups is 1. The van der Waals surface area contributed by atoms with E-state index in [1.807, 2.05) is 165 Å². The second-order valence-corrected chi connectivity index (χ2v) is 9.19. The number of aromatic nitrogens is 2. The van der Waals surface area contributed by atoms with Crippen molar-refractivity contribution in [2.24, 2.45) is 5.84 Å². The number of benzene rings is 1. The third kappa shape index (κ3) is 12.4. The maximum absolute atomic E-state index is 13.0. The van der Waals surface area contributed by atoms with Crippen molar-refractivity contribution in [3.8, 4) is 11.4 Å². The van der Waals surface area contributed by atoms with E-state index >= 15 is 0 Å². The number of hydrogen-bond acceptors (Lipinski definition) is 2. The van der Waals surface area contributed by atoms with Crippen molar-refractivity contribution in [1.29, 1.82) is 0 Å². The zero-order valence-corrected chi connectivity index (χ0v) is 34.7. The van der Waals surface area contributed by atoms with E-state index in [9.17, 15) is 4.79 Å². The molecule has 2 heterocycles. The summed E-state index contributed by atoms with van der Waals surface area (Å²) < 4.78 is 4.20. The molecule has 1 amide bonds. The van der Waals surface area contributed by atoms with Crippen LogP contribution < -0.4 is 11.3 Å². The molecule has 0 aliphatic carbocycles. The zero-order valence-electron chi connectivity index (χ0n) is 34.7. The Kier molecular flexibility index (Phi) is 29.7. The van der Waals surface area contributed by atoms with E-state index in [4.69, 9.17) is 5.84 Å². The van der Waals surface area contributed by atoms with Gasteiger partial charge in [-0.25, -0.2) is 5.84 Å². The van der Waals surface area contributed by atoms with Crippen LogP contribution in [0.25, 0.3) is 60.0 Å². The summed E-state index contributed by atoms with van der Waals surface area (Å²) in [5.74, 6) is 5.23. The van der Waals surface area contributed by atoms with Crippen molar-refractivity contribution in [1.82, 2.24) is 14.6 Å². The van der Waals surface area contributed by atoms with Gasteiger partial charge >= 0.3 is 0 Å². The molecule has 0 spiro atoms. The third-order valence-corrected chi connectivity index (χ3v) is 6.70. The Labute approximate surface area is 313 Å². The number of hydrogen-bond donors (Lipinski definition) is 2. The number of carbonyl (C=O) groups is 1. The van der Waals surface area contributed by atoms with Crippen LogP contribution in [0.4, 0.5) is 0 Å². The topological polar surface area (TPSA) is 65.0 Å². The zero-order chi connectivity index (χ0) is 40.1. The van der Waals surface area contributed by atoms with Gasteiger partial charge in [0.1, 0.15) is 0 Å². The van der Waals surface area contributed by atoms with Gasteiger partial charge in [0.2, 0.25) is 0 Å². The smallest absolute Gasteiger partial charge is 0.265 e. The van der Waals surface area contributed by atoms with Gasteiger partial charge in [-0.3, -0.25) is 10.2 Å². The predicted molar refractivity (Wildman–Crippen MR) is 237 cm³/mol. The SMILES string of the molecule is C=Cc1c(/C=C\C)c(/C=C\C)c(C=C)n1-c1cc(C(=O)NN)cc(-n2c(C=C)c(/C=C\C)c(/C=C\C)c2/C=C\C)c1.CC.CC.CC.CC.CC. The normalized spacial score (nSPS) is 10.3. The van der Waals surface area contributed by atoms with Crippen LogP contribution in [0.5, 0.6) is 0 Å². The minimum absolute atomic E-state index is 0.398. The Morgan fingerprint density at radius 3 is 1.04 bits per heavy atom. The molecule has 0 aliphatic heterocycles. The molecule has 280 valence electrons. The molecule has 5 heteroatoms. The van der Waals surface area contributed by atoms with Crippen LogP contribution in [0.3, 0.4) is 0 Å². The molecule has 3 aromatic rings. The lowest BCUT2D eigenvalue weighted by molar-refractivity contribution is 0.0953. The molecule has 0 aliphatic rings. The van der Waals surface area contributed by atoms with Gasteiger partial charge in [0.05, 0.1) is 22.8 Å². The highest BCUT2D eigenvalue weighted by Gasteiger charge is 2.22. The molecule has 51 heavy (non-hydrogen) atoms. The fraction of sp³-hybridized carbons (Fsp3) is 0.326. The lowest BCUT2D eigenvalue weighted by Crippen LogP contribution is -2.30. The summed E-state index contributed by atoms with van der Waals surface area (Å²) in [6.07, 6.45) is 25.9. The summed E-state index contributed by atoms with van der Waals surface area (Å²) >= 11 is 0. The maximum atomic E-state index is 13.0. The first-order valence-corrected chi connectivity index (χ1v) is 18.7. The summed E-state index contributed by atoms with van der Waals surface area (Å²) in [4.78, 5) is 13.0. The molecular weight excluding hydrogens is 625 g/mol. The van der Waals surface area contributed by atoms with E-state index in [2.05, 4.69) is 70.7 Å². The van der Waals surface area contributed by atoms with E-state index in [-0.39, 0.29) is 0 Å². The number of rotatable bonds is 11. The van der Waals surface area contributed by atoms with Crippen LogP contribution in [-0.4, -0.2) is 15.0 Å². The molecule has 2 aromatic heterocycles. The average molecular weight is 695 g/mol. The molecule has 0 saturated carbocycles. The van der Waals surface area contributed by atoms with Gasteiger partial charge in [-0.2, -0.15) is 0 Å². The predicted octanol–water partition coefficient (Wildman–Crippen LogP) is 14.1. The second-order valence-electron chi connectivity index (χ2n) is 9.19. The van der Waals surface area contributed by atoms with Gasteiger partial charge in [-0.15, -0.1) is 0 Å². The Morgan fingerprint density at radius 1 is 0.510 bits per heavy atom. The van der Waals surface area contributed by atoms with E-state index in [0.29, 0.717) is 5.56 Å². The Hall–Kier alpha value is -4.87.